The molecule has 6 nitrogen and oxygen atoms in total. The zero-order chi connectivity index (χ0) is 24.4. The highest BCUT2D eigenvalue weighted by molar-refractivity contribution is 6.08. The number of amides is 1. The van der Waals surface area contributed by atoms with E-state index in [0.29, 0.717) is 34.0 Å². The van der Waals surface area contributed by atoms with Gasteiger partial charge < -0.3 is 10.2 Å². The summed E-state index contributed by atoms with van der Waals surface area (Å²) in [5.74, 6) is -0.00476. The van der Waals surface area contributed by atoms with E-state index < -0.39 is 5.91 Å². The van der Waals surface area contributed by atoms with Gasteiger partial charge in [-0.15, -0.1) is 0 Å². The molecule has 0 fully saturated rings. The van der Waals surface area contributed by atoms with Crippen molar-refractivity contribution in [2.24, 2.45) is 5.10 Å². The van der Waals surface area contributed by atoms with Gasteiger partial charge in [0.25, 0.3) is 5.91 Å². The topological polar surface area (TPSA) is 94.8 Å². The summed E-state index contributed by atoms with van der Waals surface area (Å²) >= 11 is 0. The molecule has 0 bridgehead atoms. The van der Waals surface area contributed by atoms with Gasteiger partial charge in [-0.3, -0.25) is 4.79 Å². The molecule has 1 amide bonds. The van der Waals surface area contributed by atoms with Gasteiger partial charge in [-0.05, 0) is 61.7 Å². The van der Waals surface area contributed by atoms with Crippen molar-refractivity contribution in [2.75, 3.05) is 0 Å². The Labute approximate surface area is 198 Å². The molecule has 0 aliphatic rings. The van der Waals surface area contributed by atoms with Gasteiger partial charge in [-0.25, -0.2) is 10.4 Å². The number of aromatic nitrogens is 1. The van der Waals surface area contributed by atoms with Crippen molar-refractivity contribution in [2.45, 2.75) is 33.6 Å². The van der Waals surface area contributed by atoms with E-state index in [1.807, 2.05) is 37.3 Å². The first-order chi connectivity index (χ1) is 16.2. The zero-order valence-electron chi connectivity index (χ0n) is 19.6. The van der Waals surface area contributed by atoms with Crippen molar-refractivity contribution in [3.05, 3.63) is 89.0 Å². The second-order valence-electron chi connectivity index (χ2n) is 8.69. The third-order valence-electron chi connectivity index (χ3n) is 5.78. The fourth-order valence-corrected chi connectivity index (χ4v) is 3.78. The summed E-state index contributed by atoms with van der Waals surface area (Å²) in [5.41, 5.74) is 8.32. The molecule has 172 valence electrons. The summed E-state index contributed by atoms with van der Waals surface area (Å²) in [6.07, 6.45) is 0. The van der Waals surface area contributed by atoms with Crippen LogP contribution in [0.15, 0.2) is 71.8 Å². The molecule has 3 N–H and O–H groups in total. The van der Waals surface area contributed by atoms with Crippen LogP contribution in [0.3, 0.4) is 0 Å². The summed E-state index contributed by atoms with van der Waals surface area (Å²) in [6, 6.07) is 19.9. The number of fused-ring (bicyclic) bond motifs is 1. The van der Waals surface area contributed by atoms with Crippen LogP contribution >= 0.6 is 0 Å². The predicted molar refractivity (Wildman–Crippen MR) is 135 cm³/mol. The van der Waals surface area contributed by atoms with Crippen LogP contribution < -0.4 is 5.43 Å². The first-order valence-corrected chi connectivity index (χ1v) is 11.1. The number of rotatable bonds is 5. The number of benzene rings is 3. The Morgan fingerprint density at radius 1 is 0.941 bits per heavy atom. The molecule has 0 aliphatic carbocycles. The number of pyridine rings is 1. The lowest BCUT2D eigenvalue weighted by atomic mass is 9.99. The first-order valence-electron chi connectivity index (χ1n) is 11.1. The number of nitrogens with one attached hydrogen (secondary N) is 1. The number of hydrogen-bond donors (Lipinski definition) is 3. The van der Waals surface area contributed by atoms with Gasteiger partial charge in [-0.2, -0.15) is 5.10 Å². The Hall–Kier alpha value is -4.19. The lowest BCUT2D eigenvalue weighted by molar-refractivity contribution is 0.0956. The largest absolute Gasteiger partial charge is 0.508 e. The lowest BCUT2D eigenvalue weighted by Crippen LogP contribution is -2.20. The highest BCUT2D eigenvalue weighted by atomic mass is 16.3. The van der Waals surface area contributed by atoms with Gasteiger partial charge in [0.2, 0.25) is 0 Å². The smallest absolute Gasteiger partial charge is 0.272 e. The molecule has 1 heterocycles. The summed E-state index contributed by atoms with van der Waals surface area (Å²) in [4.78, 5) is 18.0. The van der Waals surface area contributed by atoms with E-state index in [9.17, 15) is 15.0 Å². The van der Waals surface area contributed by atoms with Crippen molar-refractivity contribution in [3.63, 3.8) is 0 Å². The van der Waals surface area contributed by atoms with Crippen LogP contribution in [0.2, 0.25) is 0 Å². The monoisotopic (exact) mass is 453 g/mol. The SMILES string of the molecule is C/C(=N\NC(=O)c1cc(-c2ccc(C(C)C)cc2)nc2ccc(C)cc12)c1cc(O)ccc1O. The number of hydrogen-bond acceptors (Lipinski definition) is 5. The van der Waals surface area contributed by atoms with Crippen molar-refractivity contribution >= 4 is 22.5 Å². The molecule has 4 aromatic rings. The van der Waals surface area contributed by atoms with Crippen molar-refractivity contribution in [3.8, 4) is 22.8 Å². The third kappa shape index (κ3) is 4.76. The number of carbonyl (C=O) groups excluding carboxylic acids is 1. The molecule has 0 saturated carbocycles. The standard InChI is InChI=1S/C28H27N3O3/c1-16(2)19-6-8-20(9-7-19)26-15-24(23-13-17(3)5-11-25(23)29-26)28(34)31-30-18(4)22-14-21(32)10-12-27(22)33/h5-16,32-33H,1-4H3,(H,31,34)/b30-18+. The maximum absolute atomic E-state index is 13.2. The van der Waals surface area contributed by atoms with E-state index in [4.69, 9.17) is 4.98 Å². The fraction of sp³-hybridized carbons (Fsp3) is 0.179. The molecule has 0 aliphatic heterocycles. The van der Waals surface area contributed by atoms with Crippen LogP contribution in [-0.4, -0.2) is 26.8 Å². The number of carbonyl (C=O) groups is 1. The van der Waals surface area contributed by atoms with Crippen LogP contribution in [0, 0.1) is 6.92 Å². The summed E-state index contributed by atoms with van der Waals surface area (Å²) < 4.78 is 0. The Morgan fingerprint density at radius 3 is 2.38 bits per heavy atom. The molecule has 6 heteroatoms. The Balaban J connectivity index is 1.73. The molecule has 1 aromatic heterocycles. The van der Waals surface area contributed by atoms with E-state index >= 15 is 0 Å². The van der Waals surface area contributed by atoms with Gasteiger partial charge >= 0.3 is 0 Å². The van der Waals surface area contributed by atoms with Gasteiger partial charge in [0.1, 0.15) is 11.5 Å². The molecule has 4 rings (SSSR count). The van der Waals surface area contributed by atoms with E-state index in [-0.39, 0.29) is 11.5 Å². The first kappa shape index (κ1) is 23.0. The molecule has 0 unspecified atom stereocenters. The molecule has 0 saturated heterocycles. The van der Waals surface area contributed by atoms with E-state index in [2.05, 4.69) is 36.5 Å². The van der Waals surface area contributed by atoms with Crippen molar-refractivity contribution in [1.29, 1.82) is 0 Å². The van der Waals surface area contributed by atoms with E-state index in [1.54, 1.807) is 13.0 Å². The second-order valence-corrected chi connectivity index (χ2v) is 8.69. The third-order valence-corrected chi connectivity index (χ3v) is 5.78. The molecular weight excluding hydrogens is 426 g/mol. The van der Waals surface area contributed by atoms with Gasteiger partial charge in [0.05, 0.1) is 22.5 Å². The minimum Gasteiger partial charge on any atom is -0.508 e. The maximum Gasteiger partial charge on any atom is 0.272 e. The van der Waals surface area contributed by atoms with Gasteiger partial charge in [0, 0.05) is 16.5 Å². The molecule has 0 spiro atoms. The lowest BCUT2D eigenvalue weighted by Gasteiger charge is -2.11. The maximum atomic E-state index is 13.2. The van der Waals surface area contributed by atoms with Crippen LogP contribution in [0.5, 0.6) is 11.5 Å². The Bertz CT molecular complexity index is 1410. The van der Waals surface area contributed by atoms with Crippen LogP contribution in [0.4, 0.5) is 0 Å². The van der Waals surface area contributed by atoms with Crippen molar-refractivity contribution in [1.82, 2.24) is 10.4 Å². The minimum atomic E-state index is -0.392. The Morgan fingerprint density at radius 2 is 1.68 bits per heavy atom. The quantitative estimate of drug-likeness (QED) is 0.199. The number of hydrazone groups is 1. The minimum absolute atomic E-state index is 0.00240. The zero-order valence-corrected chi connectivity index (χ0v) is 19.6. The van der Waals surface area contributed by atoms with E-state index in [1.165, 1.54) is 23.8 Å². The summed E-state index contributed by atoms with van der Waals surface area (Å²) in [7, 11) is 0. The average molecular weight is 454 g/mol. The molecule has 3 aromatic carbocycles. The summed E-state index contributed by atoms with van der Waals surface area (Å²) in [6.45, 7) is 7.90. The second kappa shape index (κ2) is 9.35. The fourth-order valence-electron chi connectivity index (χ4n) is 3.78. The van der Waals surface area contributed by atoms with Crippen LogP contribution in [0.1, 0.15) is 53.7 Å². The highest BCUT2D eigenvalue weighted by Gasteiger charge is 2.15. The Kier molecular flexibility index (Phi) is 6.32. The average Bonchev–Trinajstić information content (AvgIpc) is 2.83. The van der Waals surface area contributed by atoms with Crippen LogP contribution in [0.25, 0.3) is 22.2 Å². The number of phenols is 2. The number of aromatic hydroxyl groups is 2. The van der Waals surface area contributed by atoms with Gasteiger partial charge in [0.15, 0.2) is 0 Å². The normalized spacial score (nSPS) is 11.7. The van der Waals surface area contributed by atoms with Crippen molar-refractivity contribution < 1.29 is 15.0 Å². The highest BCUT2D eigenvalue weighted by Crippen LogP contribution is 2.27. The number of nitrogens with zero attached hydrogens (tertiary/aromatic N) is 2. The van der Waals surface area contributed by atoms with Gasteiger partial charge in [-0.1, -0.05) is 49.7 Å². The number of aryl methyl sites for hydroxylation is 1. The molecule has 0 radical (unpaired) electrons. The van der Waals surface area contributed by atoms with Crippen LogP contribution in [-0.2, 0) is 0 Å². The predicted octanol–water partition coefficient (Wildman–Crippen LogP) is 5.90. The molecule has 34 heavy (non-hydrogen) atoms. The van der Waals surface area contributed by atoms with E-state index in [0.717, 1.165) is 16.5 Å². The molecule has 0 atom stereocenters. The molecular formula is C28H27N3O3. The number of phenolic OH excluding ortho intramolecular Hbond substituents is 2. The summed E-state index contributed by atoms with van der Waals surface area (Å²) in [5, 5.41) is 24.7.